The van der Waals surface area contributed by atoms with Crippen LogP contribution >= 0.6 is 0 Å². The average Bonchev–Trinajstić information content (AvgIpc) is 3.35. The Balaban J connectivity index is 2.65. The molecule has 1 rings (SSSR count). The highest BCUT2D eigenvalue weighted by Gasteiger charge is 2.18. The first-order valence-electron chi connectivity index (χ1n) is 32.3. The minimum atomic E-state index is 1.27. The highest BCUT2D eigenvalue weighted by Crippen LogP contribution is 2.16. The van der Waals surface area contributed by atoms with Gasteiger partial charge in [0.2, 0.25) is 0 Å². The van der Waals surface area contributed by atoms with Gasteiger partial charge in [0.15, 0.2) is 0 Å². The third kappa shape index (κ3) is 45.6. The Hall–Kier alpha value is -0.200. The molecule has 0 radical (unpaired) electrons. The van der Waals surface area contributed by atoms with E-state index in [0.717, 1.165) is 0 Å². The van der Waals surface area contributed by atoms with Crippen LogP contribution in [0.25, 0.3) is 0 Å². The molecule has 0 N–H and O–H groups in total. The minimum Gasteiger partial charge on any atom is -0.303 e. The summed E-state index contributed by atoms with van der Waals surface area (Å²) < 4.78 is 0. The molecule has 0 spiro atoms. The SMILES string of the molecule is CCCCCCCCCCCCN(CCCCCCCCCCCC)CCN(CCCCCCCCCC)CCN1CCN(CCCN(CCCCCCCCC)CCCCCCCCC)CC1. The average molecular weight is 959 g/mol. The molecule has 5 heteroatoms. The number of nitrogens with zero attached hydrogens (tertiary/aromatic N) is 5. The Morgan fingerprint density at radius 1 is 0.191 bits per heavy atom. The van der Waals surface area contributed by atoms with Crippen molar-refractivity contribution in [3.63, 3.8) is 0 Å². The molecule has 5 nitrogen and oxygen atoms in total. The second-order valence-corrected chi connectivity index (χ2v) is 22.6. The van der Waals surface area contributed by atoms with Crippen molar-refractivity contribution in [1.29, 1.82) is 0 Å². The summed E-state index contributed by atoms with van der Waals surface area (Å²) in [5, 5.41) is 0. The minimum absolute atomic E-state index is 1.27. The molecule has 1 aliphatic heterocycles. The molecule has 68 heavy (non-hydrogen) atoms. The van der Waals surface area contributed by atoms with Crippen LogP contribution in [0.1, 0.15) is 311 Å². The maximum atomic E-state index is 2.92. The second-order valence-electron chi connectivity index (χ2n) is 22.6. The molecule has 0 atom stereocenters. The molecule has 0 aromatic carbocycles. The van der Waals surface area contributed by atoms with Crippen LogP contribution in [0.4, 0.5) is 0 Å². The van der Waals surface area contributed by atoms with E-state index >= 15 is 0 Å². The molecule has 0 bridgehead atoms. The third-order valence-electron chi connectivity index (χ3n) is 16.0. The number of hydrogen-bond donors (Lipinski definition) is 0. The molecule has 0 amide bonds. The van der Waals surface area contributed by atoms with Crippen LogP contribution in [-0.2, 0) is 0 Å². The Labute approximate surface area is 431 Å². The topological polar surface area (TPSA) is 16.2 Å². The van der Waals surface area contributed by atoms with Gasteiger partial charge in [0, 0.05) is 52.4 Å². The summed E-state index contributed by atoms with van der Waals surface area (Å²) in [6, 6.07) is 0. The lowest BCUT2D eigenvalue weighted by atomic mass is 10.1. The van der Waals surface area contributed by atoms with Crippen LogP contribution in [0, 0.1) is 0 Å². The van der Waals surface area contributed by atoms with Crippen LogP contribution in [-0.4, -0.2) is 123 Å². The van der Waals surface area contributed by atoms with Crippen LogP contribution in [0.3, 0.4) is 0 Å². The molecule has 1 heterocycles. The van der Waals surface area contributed by atoms with Crippen LogP contribution in [0.5, 0.6) is 0 Å². The fourth-order valence-corrected chi connectivity index (χ4v) is 11.0. The van der Waals surface area contributed by atoms with Crippen LogP contribution in [0.15, 0.2) is 0 Å². The van der Waals surface area contributed by atoms with Gasteiger partial charge in [-0.25, -0.2) is 0 Å². The Morgan fingerprint density at radius 3 is 0.647 bits per heavy atom. The Bertz CT molecular complexity index is 879. The fourth-order valence-electron chi connectivity index (χ4n) is 11.0. The quantitative estimate of drug-likeness (QED) is 0.0563. The van der Waals surface area contributed by atoms with Gasteiger partial charge in [-0.3, -0.25) is 4.90 Å². The molecule has 1 aliphatic rings. The van der Waals surface area contributed by atoms with Crippen LogP contribution < -0.4 is 0 Å². The second kappa shape index (κ2) is 54.6. The molecule has 0 saturated carbocycles. The van der Waals surface area contributed by atoms with Crippen molar-refractivity contribution in [3.8, 4) is 0 Å². The standard InChI is InChI=1S/C63H131N5/c1-6-11-16-21-26-29-31-36-40-45-51-65(52-46-41-37-32-30-27-22-17-12-7-2)56-57-66(53-47-42-35-28-23-18-13-8-3)58-61-68-62-59-67(60-63-68)55-48-54-64(49-43-38-33-24-19-14-9-4)50-44-39-34-25-20-15-10-5/h6-63H2,1-5H3. The van der Waals surface area contributed by atoms with Gasteiger partial charge < -0.3 is 19.6 Å². The van der Waals surface area contributed by atoms with E-state index in [-0.39, 0.29) is 0 Å². The monoisotopic (exact) mass is 958 g/mol. The molecular formula is C63H131N5. The van der Waals surface area contributed by atoms with Gasteiger partial charge in [-0.15, -0.1) is 0 Å². The van der Waals surface area contributed by atoms with Crippen molar-refractivity contribution in [2.24, 2.45) is 0 Å². The van der Waals surface area contributed by atoms with E-state index in [1.807, 2.05) is 0 Å². The summed E-state index contributed by atoms with van der Waals surface area (Å²) >= 11 is 0. The van der Waals surface area contributed by atoms with E-state index < -0.39 is 0 Å². The zero-order chi connectivity index (χ0) is 48.9. The van der Waals surface area contributed by atoms with E-state index in [2.05, 4.69) is 59.1 Å². The summed E-state index contributed by atoms with van der Waals surface area (Å²) in [7, 11) is 0. The molecule has 0 aromatic heterocycles. The number of piperazine rings is 1. The van der Waals surface area contributed by atoms with E-state index in [1.165, 1.54) is 374 Å². The van der Waals surface area contributed by atoms with Gasteiger partial charge in [-0.05, 0) is 84.3 Å². The van der Waals surface area contributed by atoms with E-state index in [9.17, 15) is 0 Å². The summed E-state index contributed by atoms with van der Waals surface area (Å²) in [5.41, 5.74) is 0. The molecular weight excluding hydrogens is 827 g/mol. The lowest BCUT2D eigenvalue weighted by Gasteiger charge is -2.36. The van der Waals surface area contributed by atoms with Gasteiger partial charge in [0.25, 0.3) is 0 Å². The molecule has 0 unspecified atom stereocenters. The third-order valence-corrected chi connectivity index (χ3v) is 16.0. The highest BCUT2D eigenvalue weighted by atomic mass is 15.3. The maximum Gasteiger partial charge on any atom is 0.0110 e. The maximum absolute atomic E-state index is 2.92. The van der Waals surface area contributed by atoms with Crippen molar-refractivity contribution < 1.29 is 0 Å². The smallest absolute Gasteiger partial charge is 0.0110 e. The van der Waals surface area contributed by atoms with Gasteiger partial charge in [0.1, 0.15) is 0 Å². The van der Waals surface area contributed by atoms with Gasteiger partial charge in [-0.2, -0.15) is 0 Å². The zero-order valence-electron chi connectivity index (χ0n) is 48.2. The molecule has 0 aliphatic carbocycles. The van der Waals surface area contributed by atoms with Crippen molar-refractivity contribution in [2.45, 2.75) is 311 Å². The van der Waals surface area contributed by atoms with Gasteiger partial charge >= 0.3 is 0 Å². The van der Waals surface area contributed by atoms with E-state index in [0.29, 0.717) is 0 Å². The molecule has 408 valence electrons. The zero-order valence-corrected chi connectivity index (χ0v) is 48.2. The lowest BCUT2D eigenvalue weighted by molar-refractivity contribution is 0.110. The summed E-state index contributed by atoms with van der Waals surface area (Å²) in [6.45, 7) is 31.2. The predicted molar refractivity (Wildman–Crippen MR) is 309 cm³/mol. The lowest BCUT2D eigenvalue weighted by Crippen LogP contribution is -2.49. The number of hydrogen-bond acceptors (Lipinski definition) is 5. The van der Waals surface area contributed by atoms with Crippen molar-refractivity contribution >= 4 is 0 Å². The largest absolute Gasteiger partial charge is 0.303 e. The van der Waals surface area contributed by atoms with Gasteiger partial charge in [0.05, 0.1) is 0 Å². The first-order valence-corrected chi connectivity index (χ1v) is 32.3. The van der Waals surface area contributed by atoms with Crippen LogP contribution in [0.2, 0.25) is 0 Å². The Morgan fingerprint density at radius 2 is 0.382 bits per heavy atom. The van der Waals surface area contributed by atoms with Crippen molar-refractivity contribution in [2.75, 3.05) is 98.2 Å². The molecule has 0 aromatic rings. The number of rotatable bonds is 57. The van der Waals surface area contributed by atoms with Crippen molar-refractivity contribution in [3.05, 3.63) is 0 Å². The fraction of sp³-hybridized carbons (Fsp3) is 1.00. The number of unbranched alkanes of at least 4 members (excludes halogenated alkanes) is 37. The highest BCUT2D eigenvalue weighted by molar-refractivity contribution is 4.75. The molecule has 1 saturated heterocycles. The molecule has 1 fully saturated rings. The normalized spacial score (nSPS) is 13.9. The summed E-state index contributed by atoms with van der Waals surface area (Å²) in [5.74, 6) is 0. The van der Waals surface area contributed by atoms with E-state index in [1.54, 1.807) is 0 Å². The Kier molecular flexibility index (Phi) is 52.8. The first kappa shape index (κ1) is 65.8. The van der Waals surface area contributed by atoms with Crippen molar-refractivity contribution in [1.82, 2.24) is 24.5 Å². The predicted octanol–water partition coefficient (Wildman–Crippen LogP) is 18.4. The van der Waals surface area contributed by atoms with Gasteiger partial charge in [-0.1, -0.05) is 272 Å². The summed E-state index contributed by atoms with van der Waals surface area (Å²) in [4.78, 5) is 14.3. The summed E-state index contributed by atoms with van der Waals surface area (Å²) in [6.07, 6.45) is 61.5. The first-order chi connectivity index (χ1) is 33.7. The van der Waals surface area contributed by atoms with E-state index in [4.69, 9.17) is 0 Å².